The number of piperidine rings is 1. The van der Waals surface area contributed by atoms with Crippen LogP contribution in [0.5, 0.6) is 5.75 Å². The largest absolute Gasteiger partial charge is 0.488 e. The molecule has 1 saturated heterocycles. The highest BCUT2D eigenvalue weighted by Crippen LogP contribution is 2.31. The average Bonchev–Trinajstić information content (AvgIpc) is 2.69. The second kappa shape index (κ2) is 9.60. The molecular formula is C23H31N3O3. The number of benzene rings is 1. The number of carbonyl (C=O) groups is 1. The molecular weight excluding hydrogens is 366 g/mol. The van der Waals surface area contributed by atoms with E-state index in [9.17, 15) is 10.1 Å². The van der Waals surface area contributed by atoms with Gasteiger partial charge in [-0.05, 0) is 39.8 Å². The van der Waals surface area contributed by atoms with Gasteiger partial charge in [-0.3, -0.25) is 4.98 Å². The molecule has 3 rings (SSSR count). The van der Waals surface area contributed by atoms with Gasteiger partial charge >= 0.3 is 6.09 Å². The molecule has 0 radical (unpaired) electrons. The average molecular weight is 398 g/mol. The topological polar surface area (TPSA) is 75.5 Å². The summed E-state index contributed by atoms with van der Waals surface area (Å²) >= 11 is 0. The van der Waals surface area contributed by atoms with Gasteiger partial charge in [-0.15, -0.1) is 0 Å². The number of nitriles is 1. The number of rotatable bonds is 2. The van der Waals surface area contributed by atoms with Gasteiger partial charge in [0, 0.05) is 37.5 Å². The van der Waals surface area contributed by atoms with Crippen LogP contribution >= 0.6 is 0 Å². The number of pyridine rings is 1. The number of aromatic nitrogens is 1. The number of hydrogen-bond donors (Lipinski definition) is 0. The van der Waals surface area contributed by atoms with Gasteiger partial charge in [0.25, 0.3) is 0 Å². The van der Waals surface area contributed by atoms with Crippen LogP contribution in [0.15, 0.2) is 24.4 Å². The molecule has 0 atom stereocenters. The molecule has 6 heteroatoms. The molecule has 1 aliphatic rings. The number of aryl methyl sites for hydroxylation is 1. The first-order valence-corrected chi connectivity index (χ1v) is 10.2. The van der Waals surface area contributed by atoms with E-state index in [4.69, 9.17) is 9.47 Å². The highest BCUT2D eigenvalue weighted by atomic mass is 16.6. The van der Waals surface area contributed by atoms with E-state index < -0.39 is 5.60 Å². The zero-order valence-corrected chi connectivity index (χ0v) is 18.3. The van der Waals surface area contributed by atoms with Gasteiger partial charge in [0.1, 0.15) is 29.1 Å². The molecule has 1 amide bonds. The molecule has 2 aromatic rings. The lowest BCUT2D eigenvalue weighted by Crippen LogP contribution is -2.44. The van der Waals surface area contributed by atoms with Crippen molar-refractivity contribution in [2.24, 2.45) is 0 Å². The van der Waals surface area contributed by atoms with Crippen molar-refractivity contribution >= 4 is 17.0 Å². The van der Waals surface area contributed by atoms with Crippen molar-refractivity contribution in [2.75, 3.05) is 13.1 Å². The zero-order chi connectivity index (χ0) is 21.6. The standard InChI is InChI=1S/C21H25N3O3.C2H6/c1-14-5-6-18-17(11-14)19(15(12-22)13-23-18)26-16-7-9-24(10-8-16)20(25)27-21(2,3)4;1-2/h5-6,11,13,16H,7-10H2,1-4H3;1-2H3. The predicted octanol–water partition coefficient (Wildman–Crippen LogP) is 5.22. The second-order valence-electron chi connectivity index (χ2n) is 7.92. The maximum absolute atomic E-state index is 12.2. The van der Waals surface area contributed by atoms with Gasteiger partial charge in [-0.2, -0.15) is 5.26 Å². The van der Waals surface area contributed by atoms with Gasteiger partial charge in [0.05, 0.1) is 5.52 Å². The first-order chi connectivity index (χ1) is 13.8. The maximum atomic E-state index is 12.2. The number of nitrogens with zero attached hydrogens (tertiary/aromatic N) is 3. The Morgan fingerprint density at radius 1 is 1.24 bits per heavy atom. The summed E-state index contributed by atoms with van der Waals surface area (Å²) in [5, 5.41) is 10.3. The summed E-state index contributed by atoms with van der Waals surface area (Å²) in [6.07, 6.45) is 2.60. The van der Waals surface area contributed by atoms with Crippen LogP contribution in [-0.4, -0.2) is 40.8 Å². The van der Waals surface area contributed by atoms with E-state index in [0.29, 0.717) is 37.2 Å². The van der Waals surface area contributed by atoms with E-state index in [1.165, 1.54) is 0 Å². The monoisotopic (exact) mass is 397 g/mol. The second-order valence-corrected chi connectivity index (χ2v) is 7.92. The third kappa shape index (κ3) is 5.83. The molecule has 0 N–H and O–H groups in total. The Balaban J connectivity index is 0.00000145. The zero-order valence-electron chi connectivity index (χ0n) is 18.3. The van der Waals surface area contributed by atoms with Crippen LogP contribution in [-0.2, 0) is 4.74 Å². The molecule has 0 unspecified atom stereocenters. The van der Waals surface area contributed by atoms with Crippen molar-refractivity contribution in [1.29, 1.82) is 5.26 Å². The number of hydrogen-bond acceptors (Lipinski definition) is 5. The minimum Gasteiger partial charge on any atom is -0.488 e. The van der Waals surface area contributed by atoms with Crippen LogP contribution in [0.4, 0.5) is 4.79 Å². The van der Waals surface area contributed by atoms with Crippen LogP contribution in [0.25, 0.3) is 10.9 Å². The number of amides is 1. The molecule has 156 valence electrons. The van der Waals surface area contributed by atoms with Gasteiger partial charge < -0.3 is 14.4 Å². The Hall–Kier alpha value is -2.81. The van der Waals surface area contributed by atoms with Crippen molar-refractivity contribution in [2.45, 2.75) is 66.1 Å². The molecule has 0 bridgehead atoms. The Morgan fingerprint density at radius 3 is 2.48 bits per heavy atom. The summed E-state index contributed by atoms with van der Waals surface area (Å²) in [4.78, 5) is 18.3. The minimum atomic E-state index is -0.500. The summed E-state index contributed by atoms with van der Waals surface area (Å²) in [5.74, 6) is 0.585. The molecule has 0 spiro atoms. The van der Waals surface area contributed by atoms with Crippen LogP contribution in [0.3, 0.4) is 0 Å². The SMILES string of the molecule is CC.Cc1ccc2ncc(C#N)c(OC3CCN(C(=O)OC(C)(C)C)CC3)c2c1. The van der Waals surface area contributed by atoms with Crippen molar-refractivity contribution < 1.29 is 14.3 Å². The predicted molar refractivity (Wildman–Crippen MR) is 114 cm³/mol. The normalized spacial score (nSPS) is 14.6. The first-order valence-electron chi connectivity index (χ1n) is 10.2. The number of ether oxygens (including phenoxy) is 2. The molecule has 0 aliphatic carbocycles. The van der Waals surface area contributed by atoms with E-state index in [1.807, 2.05) is 59.7 Å². The van der Waals surface area contributed by atoms with E-state index in [-0.39, 0.29) is 12.2 Å². The van der Waals surface area contributed by atoms with Crippen LogP contribution in [0.1, 0.15) is 58.6 Å². The van der Waals surface area contributed by atoms with Crippen LogP contribution < -0.4 is 4.74 Å². The quantitative estimate of drug-likeness (QED) is 0.694. The fourth-order valence-electron chi connectivity index (χ4n) is 3.14. The van der Waals surface area contributed by atoms with Gasteiger partial charge in [0.2, 0.25) is 0 Å². The lowest BCUT2D eigenvalue weighted by atomic mass is 10.1. The number of fused-ring (bicyclic) bond motifs is 1. The summed E-state index contributed by atoms with van der Waals surface area (Å²) in [6, 6.07) is 8.10. The Morgan fingerprint density at radius 2 is 1.90 bits per heavy atom. The molecule has 1 aliphatic heterocycles. The molecule has 1 aromatic heterocycles. The smallest absolute Gasteiger partial charge is 0.410 e. The number of likely N-dealkylation sites (tertiary alicyclic amines) is 1. The minimum absolute atomic E-state index is 0.0538. The van der Waals surface area contributed by atoms with Gasteiger partial charge in [0.15, 0.2) is 0 Å². The highest BCUT2D eigenvalue weighted by Gasteiger charge is 2.28. The lowest BCUT2D eigenvalue weighted by molar-refractivity contribution is 0.0127. The fraction of sp³-hybridized carbons (Fsp3) is 0.522. The molecule has 29 heavy (non-hydrogen) atoms. The molecule has 1 aromatic carbocycles. The summed E-state index contributed by atoms with van der Waals surface area (Å²) in [7, 11) is 0. The summed E-state index contributed by atoms with van der Waals surface area (Å²) in [6.45, 7) is 12.7. The molecule has 6 nitrogen and oxygen atoms in total. The first kappa shape index (κ1) is 22.5. The Bertz CT molecular complexity index is 889. The van der Waals surface area contributed by atoms with E-state index in [0.717, 1.165) is 16.5 Å². The van der Waals surface area contributed by atoms with E-state index in [2.05, 4.69) is 11.1 Å². The molecule has 2 heterocycles. The van der Waals surface area contributed by atoms with Crippen LogP contribution in [0, 0.1) is 18.3 Å². The van der Waals surface area contributed by atoms with Crippen molar-refractivity contribution in [3.8, 4) is 11.8 Å². The van der Waals surface area contributed by atoms with Crippen LogP contribution in [0.2, 0.25) is 0 Å². The van der Waals surface area contributed by atoms with Crippen molar-refractivity contribution in [3.63, 3.8) is 0 Å². The molecule has 0 saturated carbocycles. The number of carbonyl (C=O) groups excluding carboxylic acids is 1. The summed E-state index contributed by atoms with van der Waals surface area (Å²) in [5.41, 5.74) is 1.83. The maximum Gasteiger partial charge on any atom is 0.410 e. The van der Waals surface area contributed by atoms with E-state index >= 15 is 0 Å². The highest BCUT2D eigenvalue weighted by molar-refractivity contribution is 5.87. The van der Waals surface area contributed by atoms with Gasteiger partial charge in [-0.1, -0.05) is 25.5 Å². The van der Waals surface area contributed by atoms with Crippen molar-refractivity contribution in [1.82, 2.24) is 9.88 Å². The Labute approximate surface area is 173 Å². The summed E-state index contributed by atoms with van der Waals surface area (Å²) < 4.78 is 11.7. The van der Waals surface area contributed by atoms with Gasteiger partial charge in [-0.25, -0.2) is 4.79 Å². The Kier molecular flexibility index (Phi) is 7.44. The third-order valence-electron chi connectivity index (χ3n) is 4.47. The van der Waals surface area contributed by atoms with Crippen molar-refractivity contribution in [3.05, 3.63) is 35.5 Å². The molecule has 1 fully saturated rings. The van der Waals surface area contributed by atoms with E-state index in [1.54, 1.807) is 11.1 Å². The lowest BCUT2D eigenvalue weighted by Gasteiger charge is -2.33. The third-order valence-corrected chi connectivity index (χ3v) is 4.47. The fourth-order valence-corrected chi connectivity index (χ4v) is 3.14.